The van der Waals surface area contributed by atoms with E-state index in [0.29, 0.717) is 29.6 Å². The first-order chi connectivity index (χ1) is 12.7. The largest absolute Gasteiger partial charge is 0.497 e. The number of thioether (sulfide) groups is 1. The third kappa shape index (κ3) is 4.58. The van der Waals surface area contributed by atoms with E-state index in [1.165, 1.54) is 0 Å². The first kappa shape index (κ1) is 17.9. The van der Waals surface area contributed by atoms with Crippen molar-refractivity contribution in [3.8, 4) is 17.2 Å². The number of methoxy groups -OCH3 is 1. The monoisotopic (exact) mass is 370 g/mol. The quantitative estimate of drug-likeness (QED) is 0.596. The Morgan fingerprint density at radius 2 is 1.85 bits per heavy atom. The minimum atomic E-state index is -0.330. The maximum absolute atomic E-state index is 11.7. The molecular weight excluding hydrogens is 352 g/mol. The molecule has 0 aromatic heterocycles. The number of aliphatic imine (C=N–C) groups is 1. The van der Waals surface area contributed by atoms with Crippen LogP contribution in [0.3, 0.4) is 0 Å². The Hall–Kier alpha value is -2.93. The molecular formula is C19H18N2O4S. The SMILES string of the molecule is COc1cccc(OCCOc2ccccc2C=C2SC(N)=NC2=O)c1. The Labute approximate surface area is 155 Å². The molecule has 0 fully saturated rings. The second-order valence-electron chi connectivity index (χ2n) is 5.28. The molecule has 1 heterocycles. The van der Waals surface area contributed by atoms with Crippen LogP contribution in [0.2, 0.25) is 0 Å². The van der Waals surface area contributed by atoms with Crippen LogP contribution in [0.25, 0.3) is 6.08 Å². The molecule has 0 aliphatic carbocycles. The maximum atomic E-state index is 11.7. The summed E-state index contributed by atoms with van der Waals surface area (Å²) >= 11 is 1.15. The van der Waals surface area contributed by atoms with Gasteiger partial charge in [-0.25, -0.2) is 0 Å². The minimum Gasteiger partial charge on any atom is -0.497 e. The first-order valence-corrected chi connectivity index (χ1v) is 8.74. The molecule has 0 saturated carbocycles. The lowest BCUT2D eigenvalue weighted by atomic mass is 10.2. The van der Waals surface area contributed by atoms with Crippen molar-refractivity contribution in [2.45, 2.75) is 0 Å². The van der Waals surface area contributed by atoms with E-state index < -0.39 is 0 Å². The molecule has 0 spiro atoms. The van der Waals surface area contributed by atoms with Crippen LogP contribution in [0.5, 0.6) is 17.2 Å². The van der Waals surface area contributed by atoms with Crippen molar-refractivity contribution >= 4 is 28.9 Å². The Kier molecular flexibility index (Phi) is 5.80. The number of para-hydroxylation sites is 1. The average Bonchev–Trinajstić information content (AvgIpc) is 2.97. The number of hydrogen-bond acceptors (Lipinski definition) is 6. The lowest BCUT2D eigenvalue weighted by molar-refractivity contribution is -0.113. The summed E-state index contributed by atoms with van der Waals surface area (Å²) in [6, 6.07) is 14.8. The van der Waals surface area contributed by atoms with Crippen molar-refractivity contribution in [1.29, 1.82) is 0 Å². The highest BCUT2D eigenvalue weighted by atomic mass is 32.2. The van der Waals surface area contributed by atoms with Crippen molar-refractivity contribution in [3.05, 3.63) is 59.0 Å². The Balaban J connectivity index is 1.59. The lowest BCUT2D eigenvalue weighted by Crippen LogP contribution is -2.09. The van der Waals surface area contributed by atoms with Crippen LogP contribution in [0.4, 0.5) is 0 Å². The molecule has 0 saturated heterocycles. The molecule has 2 N–H and O–H groups in total. The van der Waals surface area contributed by atoms with E-state index in [4.69, 9.17) is 19.9 Å². The van der Waals surface area contributed by atoms with Crippen LogP contribution in [0, 0.1) is 0 Å². The molecule has 0 bridgehead atoms. The summed E-state index contributed by atoms with van der Waals surface area (Å²) in [5.74, 6) is 1.78. The van der Waals surface area contributed by atoms with Gasteiger partial charge in [0.2, 0.25) is 0 Å². The van der Waals surface area contributed by atoms with Crippen LogP contribution >= 0.6 is 11.8 Å². The van der Waals surface area contributed by atoms with Gasteiger partial charge >= 0.3 is 0 Å². The highest BCUT2D eigenvalue weighted by Crippen LogP contribution is 2.29. The molecule has 6 nitrogen and oxygen atoms in total. The third-order valence-electron chi connectivity index (χ3n) is 3.49. The fourth-order valence-corrected chi connectivity index (χ4v) is 2.97. The van der Waals surface area contributed by atoms with Crippen LogP contribution in [-0.2, 0) is 4.79 Å². The summed E-state index contributed by atoms with van der Waals surface area (Å²) in [6.07, 6.45) is 1.73. The fourth-order valence-electron chi connectivity index (χ4n) is 2.30. The molecule has 0 atom stereocenters. The number of carbonyl (C=O) groups is 1. The molecule has 2 aromatic rings. The minimum absolute atomic E-state index is 0.256. The Morgan fingerprint density at radius 3 is 2.62 bits per heavy atom. The molecule has 3 rings (SSSR count). The molecule has 1 aliphatic rings. The van der Waals surface area contributed by atoms with Gasteiger partial charge in [0, 0.05) is 11.6 Å². The third-order valence-corrected chi connectivity index (χ3v) is 4.31. The Bertz CT molecular complexity index is 864. The van der Waals surface area contributed by atoms with E-state index in [9.17, 15) is 4.79 Å². The van der Waals surface area contributed by atoms with Crippen molar-refractivity contribution < 1.29 is 19.0 Å². The second kappa shape index (κ2) is 8.44. The Morgan fingerprint density at radius 1 is 1.08 bits per heavy atom. The smallest absolute Gasteiger partial charge is 0.286 e. The van der Waals surface area contributed by atoms with Crippen molar-refractivity contribution in [2.75, 3.05) is 20.3 Å². The number of amidine groups is 1. The number of carbonyl (C=O) groups excluding carboxylic acids is 1. The number of hydrogen-bond donors (Lipinski definition) is 1. The molecule has 0 radical (unpaired) electrons. The normalized spacial score (nSPS) is 15.0. The predicted molar refractivity (Wildman–Crippen MR) is 103 cm³/mol. The van der Waals surface area contributed by atoms with E-state index in [-0.39, 0.29) is 11.1 Å². The van der Waals surface area contributed by atoms with E-state index in [1.54, 1.807) is 13.2 Å². The number of rotatable bonds is 7. The van der Waals surface area contributed by atoms with Gasteiger partial charge in [0.05, 0.1) is 12.0 Å². The van der Waals surface area contributed by atoms with Crippen molar-refractivity contribution in [1.82, 2.24) is 0 Å². The van der Waals surface area contributed by atoms with Crippen molar-refractivity contribution in [3.63, 3.8) is 0 Å². The number of ether oxygens (including phenoxy) is 3. The molecule has 1 amide bonds. The predicted octanol–water partition coefficient (Wildman–Crippen LogP) is 3.08. The van der Waals surface area contributed by atoms with Crippen LogP contribution in [0.15, 0.2) is 58.4 Å². The second-order valence-corrected chi connectivity index (χ2v) is 6.34. The highest BCUT2D eigenvalue weighted by molar-refractivity contribution is 8.18. The van der Waals surface area contributed by atoms with Gasteiger partial charge in [0.1, 0.15) is 30.5 Å². The lowest BCUT2D eigenvalue weighted by Gasteiger charge is -2.11. The van der Waals surface area contributed by atoms with Crippen molar-refractivity contribution in [2.24, 2.45) is 10.7 Å². The zero-order valence-corrected chi connectivity index (χ0v) is 15.0. The summed E-state index contributed by atoms with van der Waals surface area (Å²) in [5.41, 5.74) is 6.36. The molecule has 7 heteroatoms. The van der Waals surface area contributed by atoms with Gasteiger partial charge in [-0.1, -0.05) is 24.3 Å². The average molecular weight is 370 g/mol. The standard InChI is InChI=1S/C19H18N2O4S/c1-23-14-6-4-7-15(12-14)24-9-10-25-16-8-3-2-5-13(16)11-17-18(22)21-19(20)26-17/h2-8,11-12H,9-10H2,1H3,(H2,20,21,22). The zero-order valence-electron chi connectivity index (χ0n) is 14.2. The van der Waals surface area contributed by atoms with Crippen LogP contribution in [-0.4, -0.2) is 31.4 Å². The summed E-state index contributed by atoms with van der Waals surface area (Å²) in [5, 5.41) is 0.256. The molecule has 26 heavy (non-hydrogen) atoms. The molecule has 134 valence electrons. The summed E-state index contributed by atoms with van der Waals surface area (Å²) < 4.78 is 16.6. The topological polar surface area (TPSA) is 83.1 Å². The van der Waals surface area contributed by atoms with E-state index in [0.717, 1.165) is 23.1 Å². The number of benzene rings is 2. The number of nitrogens with zero attached hydrogens (tertiary/aromatic N) is 1. The van der Waals surface area contributed by atoms with Crippen LogP contribution in [0.1, 0.15) is 5.56 Å². The first-order valence-electron chi connectivity index (χ1n) is 7.92. The van der Waals surface area contributed by atoms with E-state index in [1.807, 2.05) is 48.5 Å². The van der Waals surface area contributed by atoms with Gasteiger partial charge in [-0.2, -0.15) is 4.99 Å². The van der Waals surface area contributed by atoms with Gasteiger partial charge in [0.15, 0.2) is 5.17 Å². The number of nitrogens with two attached hydrogens (primary N) is 1. The maximum Gasteiger partial charge on any atom is 0.286 e. The van der Waals surface area contributed by atoms with Crippen LogP contribution < -0.4 is 19.9 Å². The van der Waals surface area contributed by atoms with Gasteiger partial charge in [0.25, 0.3) is 5.91 Å². The fraction of sp³-hybridized carbons (Fsp3) is 0.158. The zero-order chi connectivity index (χ0) is 18.4. The summed E-state index contributed by atoms with van der Waals surface area (Å²) in [6.45, 7) is 0.735. The molecule has 0 unspecified atom stereocenters. The van der Waals surface area contributed by atoms with Gasteiger partial charge in [-0.05, 0) is 36.0 Å². The summed E-state index contributed by atoms with van der Waals surface area (Å²) in [4.78, 5) is 15.9. The molecule has 2 aromatic carbocycles. The van der Waals surface area contributed by atoms with Gasteiger partial charge in [-0.3, -0.25) is 4.79 Å². The van der Waals surface area contributed by atoms with E-state index in [2.05, 4.69) is 4.99 Å². The van der Waals surface area contributed by atoms with Gasteiger partial charge < -0.3 is 19.9 Å². The summed E-state index contributed by atoms with van der Waals surface area (Å²) in [7, 11) is 1.61. The number of amides is 1. The molecule has 1 aliphatic heterocycles. The van der Waals surface area contributed by atoms with E-state index >= 15 is 0 Å². The van der Waals surface area contributed by atoms with Gasteiger partial charge in [-0.15, -0.1) is 0 Å². The highest BCUT2D eigenvalue weighted by Gasteiger charge is 2.20.